The Morgan fingerprint density at radius 1 is 0.857 bits per heavy atom. The fraction of sp³-hybridized carbons (Fsp3) is 0.189. The SMILES string of the molecule is CC1C=CC=CC1C1=C2C(=C(c3ccccc3)C1=NC#N)C1(C)CC=C(c3ccc(C(F)(F)F)cc3)c3cccc2c31. The molecule has 42 heavy (non-hydrogen) atoms. The maximum Gasteiger partial charge on any atom is 0.416 e. The molecule has 3 atom stereocenters. The summed E-state index contributed by atoms with van der Waals surface area (Å²) in [4.78, 5) is 4.50. The molecule has 2 nitrogen and oxygen atoms in total. The zero-order valence-electron chi connectivity index (χ0n) is 23.2. The molecule has 0 saturated carbocycles. The van der Waals surface area contributed by atoms with Crippen LogP contribution in [0.4, 0.5) is 13.2 Å². The largest absolute Gasteiger partial charge is 0.416 e. The van der Waals surface area contributed by atoms with E-state index in [1.165, 1.54) is 11.1 Å². The molecule has 0 spiro atoms. The summed E-state index contributed by atoms with van der Waals surface area (Å²) in [5.74, 6) is 0.248. The summed E-state index contributed by atoms with van der Waals surface area (Å²) in [5, 5.41) is 9.91. The maximum absolute atomic E-state index is 13.3. The molecule has 3 aromatic rings. The van der Waals surface area contributed by atoms with Crippen LogP contribution in [0.5, 0.6) is 0 Å². The second kappa shape index (κ2) is 9.42. The van der Waals surface area contributed by atoms with E-state index in [1.807, 2.05) is 24.3 Å². The number of halogens is 3. The Morgan fingerprint density at radius 2 is 1.57 bits per heavy atom. The smallest absolute Gasteiger partial charge is 0.173 e. The molecule has 0 heterocycles. The van der Waals surface area contributed by atoms with Gasteiger partial charge in [0.1, 0.15) is 0 Å². The molecule has 0 aromatic heterocycles. The van der Waals surface area contributed by atoms with E-state index >= 15 is 0 Å². The summed E-state index contributed by atoms with van der Waals surface area (Å²) in [6.07, 6.45) is 9.09. The Hall–Kier alpha value is -4.69. The second-order valence-corrected chi connectivity index (χ2v) is 11.6. The topological polar surface area (TPSA) is 36.1 Å². The number of allylic oxidation sites excluding steroid dienone is 9. The molecule has 7 rings (SSSR count). The Morgan fingerprint density at radius 3 is 2.26 bits per heavy atom. The highest BCUT2D eigenvalue weighted by Gasteiger charge is 2.52. The van der Waals surface area contributed by atoms with Crippen LogP contribution in [0, 0.1) is 23.3 Å². The average molecular weight is 557 g/mol. The van der Waals surface area contributed by atoms with E-state index in [2.05, 4.69) is 79.7 Å². The van der Waals surface area contributed by atoms with Gasteiger partial charge in [-0.05, 0) is 74.6 Å². The molecule has 0 amide bonds. The van der Waals surface area contributed by atoms with Crippen LogP contribution in [-0.4, -0.2) is 5.71 Å². The van der Waals surface area contributed by atoms with Gasteiger partial charge in [-0.3, -0.25) is 0 Å². The van der Waals surface area contributed by atoms with Crippen LogP contribution >= 0.6 is 0 Å². The van der Waals surface area contributed by atoms with Gasteiger partial charge in [-0.1, -0.05) is 105 Å². The average Bonchev–Trinajstić information content (AvgIpc) is 3.45. The Balaban J connectivity index is 1.50. The van der Waals surface area contributed by atoms with Gasteiger partial charge in [-0.25, -0.2) is 0 Å². The molecule has 0 radical (unpaired) electrons. The Kier molecular flexibility index (Phi) is 5.88. The zero-order chi connectivity index (χ0) is 29.2. The number of hydrogen-bond donors (Lipinski definition) is 0. The van der Waals surface area contributed by atoms with Crippen molar-refractivity contribution in [2.24, 2.45) is 16.8 Å². The number of aliphatic imine (C=N–C) groups is 1. The molecule has 0 fully saturated rings. The molecular formula is C37H27F3N2. The number of benzene rings is 3. The van der Waals surface area contributed by atoms with Crippen LogP contribution in [-0.2, 0) is 11.6 Å². The van der Waals surface area contributed by atoms with Gasteiger partial charge in [0.25, 0.3) is 0 Å². The summed E-state index contributed by atoms with van der Waals surface area (Å²) < 4.78 is 39.9. The standard InChI is InChI=1S/C37H27F3N2/c1-22-9-6-7-12-26(22)32-31-29-14-8-13-28-27(23-15-17-25(18-16-23)37(38,39)40)19-20-36(2,33(28)29)34(31)30(35(32)42-21-41)24-10-4-3-5-11-24/h3-19,22,26H,20H2,1-2H3. The first-order valence-electron chi connectivity index (χ1n) is 14.1. The number of fused-ring (bicyclic) bond motifs is 3. The van der Waals surface area contributed by atoms with Crippen molar-refractivity contribution >= 4 is 22.4 Å². The lowest BCUT2D eigenvalue weighted by Crippen LogP contribution is -2.25. The minimum atomic E-state index is -4.38. The van der Waals surface area contributed by atoms with Gasteiger partial charge in [-0.15, -0.1) is 0 Å². The number of nitriles is 1. The molecule has 0 N–H and O–H groups in total. The van der Waals surface area contributed by atoms with E-state index in [4.69, 9.17) is 0 Å². The van der Waals surface area contributed by atoms with Crippen molar-refractivity contribution in [1.82, 2.24) is 0 Å². The first-order valence-corrected chi connectivity index (χ1v) is 14.1. The third-order valence-electron chi connectivity index (χ3n) is 9.19. The third-order valence-corrected chi connectivity index (χ3v) is 9.19. The Bertz CT molecular complexity index is 1860. The van der Waals surface area contributed by atoms with E-state index in [0.717, 1.165) is 62.4 Å². The highest BCUT2D eigenvalue weighted by Crippen LogP contribution is 2.63. The van der Waals surface area contributed by atoms with E-state index in [-0.39, 0.29) is 11.8 Å². The van der Waals surface area contributed by atoms with Crippen molar-refractivity contribution < 1.29 is 13.2 Å². The molecule has 5 heteroatoms. The van der Waals surface area contributed by atoms with E-state index in [9.17, 15) is 18.4 Å². The molecule has 0 saturated heterocycles. The van der Waals surface area contributed by atoms with Crippen LogP contribution < -0.4 is 0 Å². The third kappa shape index (κ3) is 3.75. The van der Waals surface area contributed by atoms with Crippen molar-refractivity contribution in [2.45, 2.75) is 31.9 Å². The summed E-state index contributed by atoms with van der Waals surface area (Å²) >= 11 is 0. The lowest BCUT2D eigenvalue weighted by molar-refractivity contribution is -0.137. The van der Waals surface area contributed by atoms with Gasteiger partial charge in [-0.2, -0.15) is 23.4 Å². The highest BCUT2D eigenvalue weighted by atomic mass is 19.4. The first-order chi connectivity index (χ1) is 20.2. The predicted octanol–water partition coefficient (Wildman–Crippen LogP) is 9.33. The molecule has 206 valence electrons. The molecular weight excluding hydrogens is 529 g/mol. The van der Waals surface area contributed by atoms with E-state index in [1.54, 1.807) is 12.1 Å². The van der Waals surface area contributed by atoms with Gasteiger partial charge in [0, 0.05) is 16.9 Å². The number of hydrogen-bond acceptors (Lipinski definition) is 2. The molecule has 4 aliphatic carbocycles. The summed E-state index contributed by atoms with van der Waals surface area (Å²) in [5.41, 5.74) is 10.1. The van der Waals surface area contributed by atoms with Crippen LogP contribution in [0.3, 0.4) is 0 Å². The second-order valence-electron chi connectivity index (χ2n) is 11.6. The van der Waals surface area contributed by atoms with Crippen molar-refractivity contribution in [3.05, 3.63) is 148 Å². The predicted molar refractivity (Wildman–Crippen MR) is 161 cm³/mol. The highest BCUT2D eigenvalue weighted by molar-refractivity contribution is 6.42. The lowest BCUT2D eigenvalue weighted by Gasteiger charge is -2.34. The minimum Gasteiger partial charge on any atom is -0.173 e. The molecule has 0 bridgehead atoms. The van der Waals surface area contributed by atoms with Gasteiger partial charge in [0.15, 0.2) is 0 Å². The normalized spacial score (nSPS) is 25.0. The van der Waals surface area contributed by atoms with Crippen LogP contribution in [0.25, 0.3) is 16.7 Å². The summed E-state index contributed by atoms with van der Waals surface area (Å²) in [6.45, 7) is 4.45. The number of alkyl halides is 3. The number of nitrogens with zero attached hydrogens (tertiary/aromatic N) is 2. The van der Waals surface area contributed by atoms with Gasteiger partial charge in [0.2, 0.25) is 6.19 Å². The summed E-state index contributed by atoms with van der Waals surface area (Å²) in [6, 6.07) is 21.9. The Labute approximate surface area is 243 Å². The number of rotatable bonds is 3. The lowest BCUT2D eigenvalue weighted by atomic mass is 9.69. The zero-order valence-corrected chi connectivity index (χ0v) is 23.2. The quantitative estimate of drug-likeness (QED) is 0.296. The molecule has 4 aliphatic rings. The fourth-order valence-electron chi connectivity index (χ4n) is 7.35. The first kappa shape index (κ1) is 26.2. The summed E-state index contributed by atoms with van der Waals surface area (Å²) in [7, 11) is 0. The van der Waals surface area contributed by atoms with Crippen molar-refractivity contribution in [1.29, 1.82) is 5.26 Å². The van der Waals surface area contributed by atoms with Gasteiger partial charge in [0.05, 0.1) is 11.3 Å². The van der Waals surface area contributed by atoms with Crippen LogP contribution in [0.15, 0.2) is 119 Å². The minimum absolute atomic E-state index is 0.0373. The fourth-order valence-corrected chi connectivity index (χ4v) is 7.35. The van der Waals surface area contributed by atoms with Crippen molar-refractivity contribution in [2.75, 3.05) is 0 Å². The van der Waals surface area contributed by atoms with E-state index < -0.39 is 17.2 Å². The van der Waals surface area contributed by atoms with Crippen molar-refractivity contribution in [3.8, 4) is 6.19 Å². The monoisotopic (exact) mass is 556 g/mol. The van der Waals surface area contributed by atoms with Crippen LogP contribution in [0.1, 0.15) is 53.6 Å². The molecule has 3 unspecified atom stereocenters. The molecule has 3 aromatic carbocycles. The van der Waals surface area contributed by atoms with Gasteiger partial charge < -0.3 is 0 Å². The van der Waals surface area contributed by atoms with E-state index in [0.29, 0.717) is 6.42 Å². The molecule has 0 aliphatic heterocycles. The maximum atomic E-state index is 13.3. The van der Waals surface area contributed by atoms with Crippen molar-refractivity contribution in [3.63, 3.8) is 0 Å². The van der Waals surface area contributed by atoms with Gasteiger partial charge >= 0.3 is 6.18 Å². The van der Waals surface area contributed by atoms with Crippen LogP contribution in [0.2, 0.25) is 0 Å².